The Kier molecular flexibility index (Phi) is 15.6. The second kappa shape index (κ2) is 10.8. The molecule has 0 saturated carbocycles. The zero-order valence-corrected chi connectivity index (χ0v) is 11.1. The van der Waals surface area contributed by atoms with Gasteiger partial charge in [-0.25, -0.2) is 0 Å². The summed E-state index contributed by atoms with van der Waals surface area (Å²) in [5.41, 5.74) is 0. The van der Waals surface area contributed by atoms with E-state index in [1.807, 2.05) is 0 Å². The first-order valence-electron chi connectivity index (χ1n) is 2.77. The van der Waals surface area contributed by atoms with Gasteiger partial charge in [-0.1, -0.05) is 0 Å². The summed E-state index contributed by atoms with van der Waals surface area (Å²) in [7, 11) is 0. The first-order valence-corrected chi connectivity index (χ1v) is 6.65. The third-order valence-corrected chi connectivity index (χ3v) is 0.264. The van der Waals surface area contributed by atoms with Crippen LogP contribution < -0.4 is 0 Å². The third kappa shape index (κ3) is 28.8. The quantitative estimate of drug-likeness (QED) is 0.686. The molecule has 1 unspecified atom stereocenters. The standard InChI is InChI=1S/C3H8O2.C2H5.Hg/c1-3(5)2-4;1-2;/h3-5H,2H2,1H3;1H2,2H3;. The molecule has 0 bridgehead atoms. The first-order chi connectivity index (χ1) is 3.68. The van der Waals surface area contributed by atoms with Crippen LogP contribution in [0.15, 0.2) is 0 Å². The SMILES string of the molecule is CC(O)CO.C[CH2][Hg]. The van der Waals surface area contributed by atoms with Gasteiger partial charge in [0.1, 0.15) is 0 Å². The first kappa shape index (κ1) is 11.6. The van der Waals surface area contributed by atoms with Gasteiger partial charge in [0.15, 0.2) is 0 Å². The van der Waals surface area contributed by atoms with E-state index < -0.39 is 6.10 Å². The normalized spacial score (nSPS) is 11.8. The summed E-state index contributed by atoms with van der Waals surface area (Å²) in [6, 6.07) is 0. The van der Waals surface area contributed by atoms with Crippen LogP contribution >= 0.6 is 0 Å². The second-order valence-corrected chi connectivity index (χ2v) is 5.42. The predicted octanol–water partition coefficient (Wildman–Crippen LogP) is 0.331. The van der Waals surface area contributed by atoms with Crippen LogP contribution in [0.3, 0.4) is 0 Å². The molecular weight excluding hydrogens is 293 g/mol. The molecular formula is C5H13HgO2. The van der Waals surface area contributed by atoms with Crippen LogP contribution in [0.4, 0.5) is 0 Å². The van der Waals surface area contributed by atoms with Crippen molar-refractivity contribution in [2.24, 2.45) is 0 Å². The Bertz CT molecular complexity index is 31.6. The van der Waals surface area contributed by atoms with E-state index in [1.165, 1.54) is 10.9 Å². The number of hydrogen-bond donors (Lipinski definition) is 2. The summed E-state index contributed by atoms with van der Waals surface area (Å²) < 4.78 is 1.44. The second-order valence-electron chi connectivity index (χ2n) is 1.53. The van der Waals surface area contributed by atoms with E-state index in [2.05, 4.69) is 6.92 Å². The fourth-order valence-corrected chi connectivity index (χ4v) is 0. The molecule has 3 heteroatoms. The fraction of sp³-hybridized carbons (Fsp3) is 1.00. The molecule has 0 fully saturated rings. The molecule has 0 heterocycles. The van der Waals surface area contributed by atoms with E-state index in [-0.39, 0.29) is 6.61 Å². The van der Waals surface area contributed by atoms with E-state index in [1.54, 1.807) is 0 Å². The minimum absolute atomic E-state index is 0.139. The number of hydrogen-bond acceptors (Lipinski definition) is 2. The Morgan fingerprint density at radius 2 is 1.75 bits per heavy atom. The zero-order valence-electron chi connectivity index (χ0n) is 5.59. The third-order valence-electron chi connectivity index (χ3n) is 0.264. The number of rotatable bonds is 1. The minimum atomic E-state index is -0.560. The van der Waals surface area contributed by atoms with Crippen LogP contribution in [0.2, 0.25) is 3.93 Å². The Balaban J connectivity index is 0. The molecule has 0 aromatic heterocycles. The van der Waals surface area contributed by atoms with Crippen molar-refractivity contribution < 1.29 is 36.3 Å². The van der Waals surface area contributed by atoms with Crippen LogP contribution in [0.25, 0.3) is 0 Å². The molecule has 1 atom stereocenters. The molecule has 0 aliphatic carbocycles. The van der Waals surface area contributed by atoms with Crippen LogP contribution in [-0.4, -0.2) is 22.9 Å². The van der Waals surface area contributed by atoms with Crippen molar-refractivity contribution in [3.05, 3.63) is 0 Å². The Morgan fingerprint density at radius 3 is 1.75 bits per heavy atom. The van der Waals surface area contributed by atoms with Gasteiger partial charge in [-0.2, -0.15) is 0 Å². The van der Waals surface area contributed by atoms with Gasteiger partial charge in [0.25, 0.3) is 0 Å². The van der Waals surface area contributed by atoms with Crippen molar-refractivity contribution in [3.8, 4) is 0 Å². The van der Waals surface area contributed by atoms with Gasteiger partial charge in [0.2, 0.25) is 0 Å². The van der Waals surface area contributed by atoms with Crippen molar-refractivity contribution in [1.82, 2.24) is 0 Å². The fourth-order valence-electron chi connectivity index (χ4n) is 0. The van der Waals surface area contributed by atoms with E-state index >= 15 is 0 Å². The van der Waals surface area contributed by atoms with Crippen molar-refractivity contribution in [3.63, 3.8) is 0 Å². The molecule has 2 nitrogen and oxygen atoms in total. The molecule has 0 radical (unpaired) electrons. The monoisotopic (exact) mass is 307 g/mol. The van der Waals surface area contributed by atoms with Gasteiger partial charge in [0, 0.05) is 0 Å². The molecule has 0 aromatic carbocycles. The van der Waals surface area contributed by atoms with Crippen molar-refractivity contribution in [2.75, 3.05) is 6.61 Å². The summed E-state index contributed by atoms with van der Waals surface area (Å²) in [5, 5.41) is 16.0. The van der Waals surface area contributed by atoms with Crippen molar-refractivity contribution in [2.45, 2.75) is 23.9 Å². The molecule has 0 saturated heterocycles. The Morgan fingerprint density at radius 1 is 1.62 bits per heavy atom. The Hall–Kier alpha value is 0.855. The maximum absolute atomic E-state index is 8.11. The Labute approximate surface area is 66.9 Å². The molecule has 47 valence electrons. The van der Waals surface area contributed by atoms with E-state index in [0.29, 0.717) is 0 Å². The van der Waals surface area contributed by atoms with Crippen LogP contribution in [0.1, 0.15) is 13.8 Å². The van der Waals surface area contributed by atoms with Crippen LogP contribution in [0.5, 0.6) is 0 Å². The molecule has 0 aliphatic heterocycles. The average molecular weight is 306 g/mol. The summed E-state index contributed by atoms with van der Waals surface area (Å²) in [6.07, 6.45) is -0.560. The zero-order chi connectivity index (χ0) is 6.99. The summed E-state index contributed by atoms with van der Waals surface area (Å²) in [5.74, 6) is 0. The molecule has 0 spiro atoms. The van der Waals surface area contributed by atoms with Gasteiger partial charge in [-0.3, -0.25) is 0 Å². The van der Waals surface area contributed by atoms with Gasteiger partial charge in [0.05, 0.1) is 12.7 Å². The van der Waals surface area contributed by atoms with E-state index in [0.717, 1.165) is 26.1 Å². The summed E-state index contributed by atoms with van der Waals surface area (Å²) >= 11 is 1.07. The number of aliphatic hydroxyl groups is 2. The maximum atomic E-state index is 8.11. The van der Waals surface area contributed by atoms with Gasteiger partial charge < -0.3 is 10.2 Å². The van der Waals surface area contributed by atoms with Crippen LogP contribution in [-0.2, 0) is 26.1 Å². The molecule has 0 amide bonds. The topological polar surface area (TPSA) is 40.5 Å². The molecule has 0 aliphatic rings. The molecule has 0 rings (SSSR count). The molecule has 0 aromatic rings. The van der Waals surface area contributed by atoms with Crippen molar-refractivity contribution >= 4 is 0 Å². The molecule has 2 N–H and O–H groups in total. The molecule has 8 heavy (non-hydrogen) atoms. The van der Waals surface area contributed by atoms with Crippen molar-refractivity contribution in [1.29, 1.82) is 0 Å². The predicted molar refractivity (Wildman–Crippen MR) is 29.2 cm³/mol. The summed E-state index contributed by atoms with van der Waals surface area (Å²) in [6.45, 7) is 3.60. The number of aliphatic hydroxyl groups excluding tert-OH is 2. The van der Waals surface area contributed by atoms with Gasteiger partial charge >= 0.3 is 37.0 Å². The van der Waals surface area contributed by atoms with E-state index in [4.69, 9.17) is 10.2 Å². The van der Waals surface area contributed by atoms with Gasteiger partial charge in [-0.05, 0) is 6.92 Å². The summed E-state index contributed by atoms with van der Waals surface area (Å²) in [4.78, 5) is 0. The van der Waals surface area contributed by atoms with Crippen LogP contribution in [0, 0.1) is 0 Å². The van der Waals surface area contributed by atoms with E-state index in [9.17, 15) is 0 Å². The average Bonchev–Trinajstić information content (AvgIpc) is 1.69. The van der Waals surface area contributed by atoms with Gasteiger partial charge in [-0.15, -0.1) is 0 Å².